The summed E-state index contributed by atoms with van der Waals surface area (Å²) in [6.07, 6.45) is 5.47. The Morgan fingerprint density at radius 3 is 2.83 bits per heavy atom. The number of anilines is 1. The summed E-state index contributed by atoms with van der Waals surface area (Å²) in [5, 5.41) is 28.9. The topological polar surface area (TPSA) is 116 Å². The number of amides is 1. The maximum absolute atomic E-state index is 13.7. The SMILES string of the molecule is Cc1cn2nc([C@@H]3CCCCN3C(=O)c3c(Cl)cnn3C(C)C)cc2nc1N1C[C@@H](C#N)[C@@H](O)C1. The molecule has 0 bridgehead atoms. The third-order valence-corrected chi connectivity index (χ3v) is 7.20. The van der Waals surface area contributed by atoms with Gasteiger partial charge in [-0.15, -0.1) is 0 Å². The minimum absolute atomic E-state index is 0.00946. The molecular weight excluding hydrogens is 468 g/mol. The minimum atomic E-state index is -0.689. The maximum atomic E-state index is 13.7. The van der Waals surface area contributed by atoms with Crippen LogP contribution >= 0.6 is 11.6 Å². The summed E-state index contributed by atoms with van der Waals surface area (Å²) < 4.78 is 3.42. The highest BCUT2D eigenvalue weighted by Crippen LogP contribution is 2.34. The summed E-state index contributed by atoms with van der Waals surface area (Å²) in [5.41, 5.74) is 2.76. The number of fused-ring (bicyclic) bond motifs is 1. The van der Waals surface area contributed by atoms with Gasteiger partial charge in [0.1, 0.15) is 11.5 Å². The van der Waals surface area contributed by atoms with Crippen molar-refractivity contribution >= 4 is 29.0 Å². The van der Waals surface area contributed by atoms with E-state index in [1.54, 1.807) is 9.20 Å². The average Bonchev–Trinajstić information content (AvgIpc) is 3.53. The van der Waals surface area contributed by atoms with Gasteiger partial charge in [-0.2, -0.15) is 15.5 Å². The van der Waals surface area contributed by atoms with Crippen molar-refractivity contribution in [3.8, 4) is 6.07 Å². The van der Waals surface area contributed by atoms with Gasteiger partial charge in [0.2, 0.25) is 0 Å². The van der Waals surface area contributed by atoms with Gasteiger partial charge in [0.25, 0.3) is 5.91 Å². The molecule has 0 saturated carbocycles. The van der Waals surface area contributed by atoms with Crippen molar-refractivity contribution in [3.05, 3.63) is 40.4 Å². The van der Waals surface area contributed by atoms with Crippen LogP contribution in [0.3, 0.4) is 0 Å². The van der Waals surface area contributed by atoms with Crippen LogP contribution in [0.2, 0.25) is 5.02 Å². The Kier molecular flexibility index (Phi) is 6.15. The van der Waals surface area contributed by atoms with E-state index in [2.05, 4.69) is 11.2 Å². The van der Waals surface area contributed by atoms with Gasteiger partial charge in [-0.25, -0.2) is 9.50 Å². The average molecular weight is 497 g/mol. The fourth-order valence-electron chi connectivity index (χ4n) is 5.14. The Morgan fingerprint density at radius 1 is 1.31 bits per heavy atom. The second-order valence-electron chi connectivity index (χ2n) is 9.72. The zero-order valence-corrected chi connectivity index (χ0v) is 20.9. The number of aliphatic hydroxyl groups excluding tert-OH is 1. The van der Waals surface area contributed by atoms with Crippen LogP contribution in [0.5, 0.6) is 0 Å². The molecule has 3 aromatic rings. The van der Waals surface area contributed by atoms with E-state index in [0.717, 1.165) is 36.3 Å². The second-order valence-corrected chi connectivity index (χ2v) is 10.1. The largest absolute Gasteiger partial charge is 0.390 e. The Labute approximate surface area is 208 Å². The standard InChI is InChI=1S/C24H29ClN8O2/c1-14(2)33-22(17(25)10-27-33)24(35)31-7-5-4-6-19(31)18-8-21-28-23(15(3)11-32(21)29-18)30-12-16(9-26)20(34)13-30/h8,10-11,14,16,19-20,34H,4-7,12-13H2,1-3H3/t16-,19+,20+/m1/s1. The quantitative estimate of drug-likeness (QED) is 0.589. The van der Waals surface area contributed by atoms with Crippen molar-refractivity contribution in [2.24, 2.45) is 5.92 Å². The molecule has 5 heterocycles. The summed E-state index contributed by atoms with van der Waals surface area (Å²) in [6, 6.07) is 3.91. The highest BCUT2D eigenvalue weighted by atomic mass is 35.5. The summed E-state index contributed by atoms with van der Waals surface area (Å²) in [7, 11) is 0. The third-order valence-electron chi connectivity index (χ3n) is 6.93. The van der Waals surface area contributed by atoms with Crippen LogP contribution < -0.4 is 4.90 Å². The van der Waals surface area contributed by atoms with E-state index in [0.29, 0.717) is 36.0 Å². The first-order chi connectivity index (χ1) is 16.8. The van der Waals surface area contributed by atoms with Crippen molar-refractivity contribution in [1.29, 1.82) is 5.26 Å². The van der Waals surface area contributed by atoms with Crippen LogP contribution in [0.1, 0.15) is 66.9 Å². The molecule has 0 radical (unpaired) electrons. The number of aliphatic hydroxyl groups is 1. The number of nitriles is 1. The number of hydrogen-bond acceptors (Lipinski definition) is 7. The molecule has 0 aromatic carbocycles. The van der Waals surface area contributed by atoms with Gasteiger partial charge in [-0.3, -0.25) is 9.48 Å². The highest BCUT2D eigenvalue weighted by molar-refractivity contribution is 6.33. The van der Waals surface area contributed by atoms with Gasteiger partial charge < -0.3 is 14.9 Å². The molecule has 3 aromatic heterocycles. The lowest BCUT2D eigenvalue weighted by molar-refractivity contribution is 0.0591. The Morgan fingerprint density at radius 2 is 2.11 bits per heavy atom. The zero-order chi connectivity index (χ0) is 24.9. The summed E-state index contributed by atoms with van der Waals surface area (Å²) in [6.45, 7) is 7.33. The molecule has 5 rings (SSSR count). The number of β-amino-alcohol motifs (C(OH)–C–C–N with tert-alkyl or cyclic N) is 1. The first kappa shape index (κ1) is 23.6. The summed E-state index contributed by atoms with van der Waals surface area (Å²) in [5.74, 6) is 0.173. The molecule has 11 heteroatoms. The Bertz CT molecular complexity index is 1310. The fraction of sp³-hybridized carbons (Fsp3) is 0.542. The number of carbonyl (C=O) groups excluding carboxylic acids is 1. The van der Waals surface area contributed by atoms with E-state index in [1.165, 1.54) is 6.20 Å². The number of aryl methyl sites for hydroxylation is 1. The molecule has 3 atom stereocenters. The molecule has 0 unspecified atom stereocenters. The van der Waals surface area contributed by atoms with Gasteiger partial charge in [0, 0.05) is 43.5 Å². The Hall–Kier alpha value is -3.16. The van der Waals surface area contributed by atoms with Gasteiger partial charge in [0.05, 0.1) is 41.0 Å². The molecule has 0 spiro atoms. The number of aromatic nitrogens is 5. The summed E-state index contributed by atoms with van der Waals surface area (Å²) >= 11 is 6.39. The molecule has 2 aliphatic rings. The molecular formula is C24H29ClN8O2. The van der Waals surface area contributed by atoms with Crippen molar-refractivity contribution in [2.75, 3.05) is 24.5 Å². The number of halogens is 1. The van der Waals surface area contributed by atoms with E-state index in [4.69, 9.17) is 21.7 Å². The lowest BCUT2D eigenvalue weighted by Crippen LogP contribution is -2.40. The van der Waals surface area contributed by atoms with E-state index in [9.17, 15) is 15.2 Å². The van der Waals surface area contributed by atoms with Crippen LogP contribution in [0.4, 0.5) is 5.82 Å². The summed E-state index contributed by atoms with van der Waals surface area (Å²) in [4.78, 5) is 22.3. The molecule has 184 valence electrons. The van der Waals surface area contributed by atoms with E-state index in [1.807, 2.05) is 42.8 Å². The van der Waals surface area contributed by atoms with Crippen LogP contribution in [0.15, 0.2) is 18.5 Å². The first-order valence-electron chi connectivity index (χ1n) is 12.0. The minimum Gasteiger partial charge on any atom is -0.390 e. The lowest BCUT2D eigenvalue weighted by Gasteiger charge is -2.35. The van der Waals surface area contributed by atoms with Crippen molar-refractivity contribution < 1.29 is 9.90 Å². The number of carbonyl (C=O) groups is 1. The Balaban J connectivity index is 1.48. The molecule has 1 amide bonds. The van der Waals surface area contributed by atoms with Crippen LogP contribution in [0.25, 0.3) is 5.65 Å². The number of nitrogens with zero attached hydrogens (tertiary/aromatic N) is 8. The molecule has 1 N–H and O–H groups in total. The fourth-order valence-corrected chi connectivity index (χ4v) is 5.35. The van der Waals surface area contributed by atoms with Crippen LogP contribution in [-0.4, -0.2) is 66.0 Å². The number of rotatable bonds is 4. The van der Waals surface area contributed by atoms with Crippen molar-refractivity contribution in [3.63, 3.8) is 0 Å². The van der Waals surface area contributed by atoms with Crippen LogP contribution in [-0.2, 0) is 0 Å². The number of likely N-dealkylation sites (tertiary alicyclic amines) is 1. The van der Waals surface area contributed by atoms with Gasteiger partial charge >= 0.3 is 0 Å². The normalized spacial score (nSPS) is 22.8. The first-order valence-corrected chi connectivity index (χ1v) is 12.4. The highest BCUT2D eigenvalue weighted by Gasteiger charge is 2.35. The zero-order valence-electron chi connectivity index (χ0n) is 20.1. The molecule has 10 nitrogen and oxygen atoms in total. The molecule has 2 saturated heterocycles. The van der Waals surface area contributed by atoms with Crippen molar-refractivity contribution in [1.82, 2.24) is 29.3 Å². The van der Waals surface area contributed by atoms with Gasteiger partial charge in [0.15, 0.2) is 5.65 Å². The molecule has 2 aliphatic heterocycles. The molecule has 35 heavy (non-hydrogen) atoms. The molecule has 0 aliphatic carbocycles. The maximum Gasteiger partial charge on any atom is 0.274 e. The predicted molar refractivity (Wildman–Crippen MR) is 130 cm³/mol. The van der Waals surface area contributed by atoms with Crippen LogP contribution in [0, 0.1) is 24.2 Å². The number of piperidine rings is 1. The van der Waals surface area contributed by atoms with E-state index >= 15 is 0 Å². The van der Waals surface area contributed by atoms with E-state index in [-0.39, 0.29) is 18.0 Å². The monoisotopic (exact) mass is 496 g/mol. The second kappa shape index (κ2) is 9.13. The number of hydrogen-bond donors (Lipinski definition) is 1. The third kappa shape index (κ3) is 4.13. The van der Waals surface area contributed by atoms with Gasteiger partial charge in [-0.1, -0.05) is 11.6 Å². The molecule has 2 fully saturated rings. The van der Waals surface area contributed by atoms with E-state index < -0.39 is 12.0 Å². The van der Waals surface area contributed by atoms with Gasteiger partial charge in [-0.05, 0) is 40.0 Å². The predicted octanol–water partition coefficient (Wildman–Crippen LogP) is 3.16. The lowest BCUT2D eigenvalue weighted by atomic mass is 9.99. The smallest absolute Gasteiger partial charge is 0.274 e. The van der Waals surface area contributed by atoms with Crippen molar-refractivity contribution in [2.45, 2.75) is 58.2 Å².